The molecule has 1 aliphatic rings. The van der Waals surface area contributed by atoms with Crippen molar-refractivity contribution in [2.75, 3.05) is 31.1 Å². The number of benzene rings is 2. The Bertz CT molecular complexity index is 887. The summed E-state index contributed by atoms with van der Waals surface area (Å²) >= 11 is 0. The average molecular weight is 396 g/mol. The average Bonchev–Trinajstić information content (AvgIpc) is 3.21. The third-order valence-corrected chi connectivity index (χ3v) is 5.71. The summed E-state index contributed by atoms with van der Waals surface area (Å²) in [6.07, 6.45) is 2.15. The second kappa shape index (κ2) is 9.13. The molecule has 0 bridgehead atoms. The number of anilines is 1. The molecule has 0 aliphatic carbocycles. The van der Waals surface area contributed by atoms with Crippen molar-refractivity contribution in [1.29, 1.82) is 0 Å². The number of rotatable bonds is 7. The van der Waals surface area contributed by atoms with Crippen molar-refractivity contribution in [3.05, 3.63) is 71.8 Å². The maximum Gasteiger partial charge on any atom is 0.209 e. The van der Waals surface area contributed by atoms with Crippen LogP contribution in [0.25, 0.3) is 0 Å². The fraction of sp³-hybridized carbons (Fsp3) is 0.409. The normalized spacial score (nSPS) is 16.1. The molecule has 0 spiro atoms. The summed E-state index contributed by atoms with van der Waals surface area (Å²) in [4.78, 5) is 3.85. The quantitative estimate of drug-likeness (QED) is 0.666. The molecular formula is C22H28FN6+. The van der Waals surface area contributed by atoms with Crippen molar-refractivity contribution in [2.45, 2.75) is 32.4 Å². The molecule has 1 N–H and O–H groups in total. The van der Waals surface area contributed by atoms with E-state index in [4.69, 9.17) is 0 Å². The molecule has 0 radical (unpaired) electrons. The second-order valence-electron chi connectivity index (χ2n) is 7.64. The fourth-order valence-electron chi connectivity index (χ4n) is 4.19. The topological polar surface area (TPSA) is 51.3 Å². The summed E-state index contributed by atoms with van der Waals surface area (Å²) in [5, 5.41) is 12.7. The van der Waals surface area contributed by atoms with E-state index in [9.17, 15) is 4.39 Å². The molecule has 0 amide bonds. The minimum atomic E-state index is -0.189. The van der Waals surface area contributed by atoms with Crippen LogP contribution in [0.1, 0.15) is 37.2 Å². The fourth-order valence-corrected chi connectivity index (χ4v) is 4.19. The van der Waals surface area contributed by atoms with Crippen LogP contribution < -0.4 is 9.80 Å². The summed E-state index contributed by atoms with van der Waals surface area (Å²) in [7, 11) is 0. The largest absolute Gasteiger partial charge is 0.360 e. The van der Waals surface area contributed by atoms with Crippen molar-refractivity contribution in [3.63, 3.8) is 0 Å². The van der Waals surface area contributed by atoms with Gasteiger partial charge in [-0.1, -0.05) is 43.7 Å². The molecule has 2 aromatic carbocycles. The second-order valence-corrected chi connectivity index (χ2v) is 7.64. The van der Waals surface area contributed by atoms with Gasteiger partial charge in [0.05, 0.1) is 32.7 Å². The predicted octanol–water partition coefficient (Wildman–Crippen LogP) is 2.11. The van der Waals surface area contributed by atoms with E-state index in [2.05, 4.69) is 39.5 Å². The van der Waals surface area contributed by atoms with Crippen LogP contribution in [0, 0.1) is 5.82 Å². The summed E-state index contributed by atoms with van der Waals surface area (Å²) < 4.78 is 15.2. The van der Waals surface area contributed by atoms with Gasteiger partial charge in [-0.15, -0.1) is 5.10 Å². The molecule has 7 heteroatoms. The van der Waals surface area contributed by atoms with Gasteiger partial charge in [-0.3, -0.25) is 0 Å². The van der Waals surface area contributed by atoms with Crippen molar-refractivity contribution in [1.82, 2.24) is 20.2 Å². The SMILES string of the molecule is CCC[C@H](c1nnnn1Cc1ccccc1)[NH+]1CCN(c2ccc(F)cc2)CC1. The Kier molecular flexibility index (Phi) is 6.14. The van der Waals surface area contributed by atoms with Crippen LogP contribution >= 0.6 is 0 Å². The Morgan fingerprint density at radius 3 is 2.45 bits per heavy atom. The zero-order valence-electron chi connectivity index (χ0n) is 16.8. The molecule has 6 nitrogen and oxygen atoms in total. The first kappa shape index (κ1) is 19.5. The lowest BCUT2D eigenvalue weighted by atomic mass is 10.1. The third kappa shape index (κ3) is 4.62. The Labute approximate surface area is 170 Å². The van der Waals surface area contributed by atoms with Gasteiger partial charge in [0.1, 0.15) is 11.9 Å². The number of nitrogens with one attached hydrogen (secondary N) is 1. The van der Waals surface area contributed by atoms with Gasteiger partial charge in [0.25, 0.3) is 0 Å². The van der Waals surface area contributed by atoms with Gasteiger partial charge in [-0.2, -0.15) is 0 Å². The van der Waals surface area contributed by atoms with E-state index in [0.717, 1.165) is 50.5 Å². The molecule has 4 rings (SSSR count). The third-order valence-electron chi connectivity index (χ3n) is 5.71. The van der Waals surface area contributed by atoms with Crippen LogP contribution in [-0.2, 0) is 6.54 Å². The molecule has 0 unspecified atom stereocenters. The van der Waals surface area contributed by atoms with Gasteiger partial charge >= 0.3 is 0 Å². The smallest absolute Gasteiger partial charge is 0.209 e. The Hall–Kier alpha value is -2.80. The van der Waals surface area contributed by atoms with Gasteiger partial charge in [-0.05, 0) is 40.3 Å². The maximum atomic E-state index is 13.2. The summed E-state index contributed by atoms with van der Waals surface area (Å²) in [6, 6.07) is 17.4. The van der Waals surface area contributed by atoms with Crippen molar-refractivity contribution < 1.29 is 9.29 Å². The minimum Gasteiger partial charge on any atom is -0.360 e. The van der Waals surface area contributed by atoms with Crippen molar-refractivity contribution in [2.24, 2.45) is 0 Å². The van der Waals surface area contributed by atoms with E-state index >= 15 is 0 Å². The van der Waals surface area contributed by atoms with E-state index in [1.165, 1.54) is 22.6 Å². The lowest BCUT2D eigenvalue weighted by Gasteiger charge is -2.37. The highest BCUT2D eigenvalue weighted by molar-refractivity contribution is 5.46. The zero-order valence-corrected chi connectivity index (χ0v) is 16.8. The van der Waals surface area contributed by atoms with Gasteiger partial charge in [0.15, 0.2) is 0 Å². The molecule has 1 atom stereocenters. The molecule has 29 heavy (non-hydrogen) atoms. The Morgan fingerprint density at radius 2 is 1.76 bits per heavy atom. The van der Waals surface area contributed by atoms with Crippen LogP contribution in [0.2, 0.25) is 0 Å². The van der Waals surface area contributed by atoms with Crippen molar-refractivity contribution >= 4 is 5.69 Å². The molecular weight excluding hydrogens is 367 g/mol. The zero-order chi connectivity index (χ0) is 20.1. The monoisotopic (exact) mass is 395 g/mol. The first-order valence-electron chi connectivity index (χ1n) is 10.4. The number of quaternary nitrogens is 1. The minimum absolute atomic E-state index is 0.189. The molecule has 1 aromatic heterocycles. The number of halogens is 1. The lowest BCUT2D eigenvalue weighted by molar-refractivity contribution is -0.933. The van der Waals surface area contributed by atoms with E-state index in [-0.39, 0.29) is 11.9 Å². The van der Waals surface area contributed by atoms with Crippen LogP contribution in [0.5, 0.6) is 0 Å². The number of piperazine rings is 1. The lowest BCUT2D eigenvalue weighted by Crippen LogP contribution is -3.15. The molecule has 152 valence electrons. The van der Waals surface area contributed by atoms with Gasteiger partial charge in [0, 0.05) is 12.1 Å². The highest BCUT2D eigenvalue weighted by Gasteiger charge is 2.32. The summed E-state index contributed by atoms with van der Waals surface area (Å²) in [5.74, 6) is 0.784. The highest BCUT2D eigenvalue weighted by atomic mass is 19.1. The van der Waals surface area contributed by atoms with Crippen LogP contribution in [-0.4, -0.2) is 46.4 Å². The Morgan fingerprint density at radius 1 is 1.03 bits per heavy atom. The van der Waals surface area contributed by atoms with Crippen LogP contribution in [0.3, 0.4) is 0 Å². The molecule has 1 aliphatic heterocycles. The molecule has 2 heterocycles. The van der Waals surface area contributed by atoms with E-state index in [1.54, 1.807) is 0 Å². The molecule has 3 aromatic rings. The van der Waals surface area contributed by atoms with Gasteiger partial charge in [-0.25, -0.2) is 9.07 Å². The number of tetrazole rings is 1. The first-order valence-corrected chi connectivity index (χ1v) is 10.4. The van der Waals surface area contributed by atoms with Gasteiger partial charge < -0.3 is 9.80 Å². The number of nitrogens with zero attached hydrogens (tertiary/aromatic N) is 5. The van der Waals surface area contributed by atoms with E-state index < -0.39 is 0 Å². The standard InChI is InChI=1S/C22H27FN6/c1-2-6-21(22-24-25-26-29(22)17-18-7-4-3-5-8-18)28-15-13-27(14-16-28)20-11-9-19(23)10-12-20/h3-5,7-12,21H,2,6,13-17H2,1H3/p+1/t21-/m1/s1. The molecule has 1 saturated heterocycles. The summed E-state index contributed by atoms with van der Waals surface area (Å²) in [6.45, 7) is 6.83. The molecule has 1 fully saturated rings. The Balaban J connectivity index is 1.46. The van der Waals surface area contributed by atoms with Crippen molar-refractivity contribution in [3.8, 4) is 0 Å². The number of hydrogen-bond donors (Lipinski definition) is 1. The first-order chi connectivity index (χ1) is 14.2. The van der Waals surface area contributed by atoms with Gasteiger partial charge in [0.2, 0.25) is 5.82 Å². The maximum absolute atomic E-state index is 13.2. The highest BCUT2D eigenvalue weighted by Crippen LogP contribution is 2.17. The van der Waals surface area contributed by atoms with Crippen LogP contribution in [0.4, 0.5) is 10.1 Å². The number of hydrogen-bond acceptors (Lipinski definition) is 4. The number of aromatic nitrogens is 4. The molecule has 0 saturated carbocycles. The van der Waals surface area contributed by atoms with Crippen LogP contribution in [0.15, 0.2) is 54.6 Å². The summed E-state index contributed by atoms with van der Waals surface area (Å²) in [5.41, 5.74) is 2.29. The van der Waals surface area contributed by atoms with E-state index in [1.807, 2.05) is 35.0 Å². The predicted molar refractivity (Wildman–Crippen MR) is 110 cm³/mol. The van der Waals surface area contributed by atoms with E-state index in [0.29, 0.717) is 6.54 Å².